The van der Waals surface area contributed by atoms with E-state index in [9.17, 15) is 14.4 Å². The van der Waals surface area contributed by atoms with Gasteiger partial charge in [0.05, 0.1) is 17.4 Å². The third kappa shape index (κ3) is 4.96. The van der Waals surface area contributed by atoms with Gasteiger partial charge in [-0.1, -0.05) is 54.8 Å². The zero-order valence-corrected chi connectivity index (χ0v) is 18.8. The minimum absolute atomic E-state index is 0.0545. The summed E-state index contributed by atoms with van der Waals surface area (Å²) < 4.78 is 2.89. The Balaban J connectivity index is 1.52. The summed E-state index contributed by atoms with van der Waals surface area (Å²) in [6.45, 7) is 0.560. The molecule has 2 aromatic carbocycles. The van der Waals surface area contributed by atoms with Crippen LogP contribution in [0.25, 0.3) is 10.9 Å². The normalized spacial score (nSPS) is 14.2. The lowest BCUT2D eigenvalue weighted by Gasteiger charge is -2.15. The molecule has 1 aliphatic carbocycles. The van der Waals surface area contributed by atoms with Crippen molar-refractivity contribution in [3.05, 3.63) is 80.0 Å². The van der Waals surface area contributed by atoms with Crippen molar-refractivity contribution in [3.8, 4) is 0 Å². The number of nitrogens with zero attached hydrogens (tertiary/aromatic N) is 2. The molecular weight excluding hydrogens is 426 g/mol. The molecule has 0 unspecified atom stereocenters. The van der Waals surface area contributed by atoms with Crippen molar-refractivity contribution in [1.82, 2.24) is 14.5 Å². The summed E-state index contributed by atoms with van der Waals surface area (Å²) >= 11 is 6.32. The zero-order valence-electron chi connectivity index (χ0n) is 18.1. The van der Waals surface area contributed by atoms with Crippen LogP contribution in [0.3, 0.4) is 0 Å². The molecule has 7 heteroatoms. The molecule has 1 aromatic heterocycles. The molecule has 0 spiro atoms. The molecule has 1 amide bonds. The summed E-state index contributed by atoms with van der Waals surface area (Å²) in [6.07, 6.45) is 6.09. The van der Waals surface area contributed by atoms with E-state index in [2.05, 4.69) is 5.32 Å². The minimum Gasteiger partial charge on any atom is -0.353 e. The number of hydrogen-bond donors (Lipinski definition) is 1. The van der Waals surface area contributed by atoms with Gasteiger partial charge in [0.15, 0.2) is 0 Å². The number of nitrogens with one attached hydrogen (secondary N) is 1. The zero-order chi connectivity index (χ0) is 22.5. The van der Waals surface area contributed by atoms with E-state index < -0.39 is 0 Å². The van der Waals surface area contributed by atoms with E-state index in [1.54, 1.807) is 28.8 Å². The second-order valence-corrected chi connectivity index (χ2v) is 8.85. The number of carbonyl (C=O) groups is 1. The quantitative estimate of drug-likeness (QED) is 0.522. The second-order valence-electron chi connectivity index (χ2n) is 8.44. The smallest absolute Gasteiger partial charge is 0.331 e. The number of unbranched alkanes of at least 4 members (excludes halogenated alkanes) is 1. The van der Waals surface area contributed by atoms with Crippen LogP contribution in [0.4, 0.5) is 0 Å². The van der Waals surface area contributed by atoms with Gasteiger partial charge in [-0.25, -0.2) is 4.79 Å². The molecule has 168 valence electrons. The van der Waals surface area contributed by atoms with E-state index in [0.29, 0.717) is 41.2 Å². The van der Waals surface area contributed by atoms with Crippen molar-refractivity contribution < 1.29 is 4.79 Å². The number of carbonyl (C=O) groups excluding carboxylic acids is 1. The van der Waals surface area contributed by atoms with E-state index in [1.165, 1.54) is 17.4 Å². The molecule has 1 fully saturated rings. The van der Waals surface area contributed by atoms with Crippen LogP contribution in [-0.2, 0) is 17.9 Å². The third-order valence-corrected chi connectivity index (χ3v) is 6.54. The lowest BCUT2D eigenvalue weighted by atomic mass is 10.2. The van der Waals surface area contributed by atoms with Crippen LogP contribution in [0, 0.1) is 0 Å². The van der Waals surface area contributed by atoms with Crippen molar-refractivity contribution in [3.63, 3.8) is 0 Å². The molecule has 32 heavy (non-hydrogen) atoms. The standard InChI is InChI=1S/C25H28ClN3O3/c26-21-13-5-1-9-18(21)17-29-22-14-6-4-12-20(22)24(31)28(25(29)32)16-8-7-15-23(30)27-19-10-2-3-11-19/h1,4-6,9,12-14,19H,2-3,7-8,10-11,15-17H2,(H,27,30). The van der Waals surface area contributed by atoms with Gasteiger partial charge in [0, 0.05) is 24.0 Å². The fraction of sp³-hybridized carbons (Fsp3) is 0.400. The summed E-state index contributed by atoms with van der Waals surface area (Å²) in [5, 5.41) is 4.16. The summed E-state index contributed by atoms with van der Waals surface area (Å²) in [5.74, 6) is 0.0545. The monoisotopic (exact) mass is 453 g/mol. The SMILES string of the molecule is O=C(CCCCn1c(=O)c2ccccc2n(Cc2ccccc2Cl)c1=O)NC1CCCC1. The van der Waals surface area contributed by atoms with Gasteiger partial charge in [0.2, 0.25) is 5.91 Å². The predicted octanol–water partition coefficient (Wildman–Crippen LogP) is 4.09. The highest BCUT2D eigenvalue weighted by Gasteiger charge is 2.17. The van der Waals surface area contributed by atoms with Gasteiger partial charge in [-0.2, -0.15) is 0 Å². The highest BCUT2D eigenvalue weighted by atomic mass is 35.5. The van der Waals surface area contributed by atoms with Gasteiger partial charge >= 0.3 is 5.69 Å². The lowest BCUT2D eigenvalue weighted by Crippen LogP contribution is -2.40. The van der Waals surface area contributed by atoms with Gasteiger partial charge in [-0.3, -0.25) is 18.7 Å². The molecule has 3 aromatic rings. The number of rotatable bonds is 8. The maximum absolute atomic E-state index is 13.3. The first-order valence-corrected chi connectivity index (χ1v) is 11.7. The molecule has 0 radical (unpaired) electrons. The van der Waals surface area contributed by atoms with Crippen molar-refractivity contribution in [1.29, 1.82) is 0 Å². The maximum Gasteiger partial charge on any atom is 0.331 e. The summed E-state index contributed by atoms with van der Waals surface area (Å²) in [6, 6.07) is 14.8. The molecular formula is C25H28ClN3O3. The molecule has 0 atom stereocenters. The molecule has 1 aliphatic rings. The number of halogens is 1. The summed E-state index contributed by atoms with van der Waals surface area (Å²) in [7, 11) is 0. The van der Waals surface area contributed by atoms with Gasteiger partial charge < -0.3 is 5.32 Å². The first-order valence-electron chi connectivity index (χ1n) is 11.3. The second kappa shape index (κ2) is 10.2. The van der Waals surface area contributed by atoms with Crippen LogP contribution in [-0.4, -0.2) is 21.1 Å². The largest absolute Gasteiger partial charge is 0.353 e. The van der Waals surface area contributed by atoms with Crippen molar-refractivity contribution in [2.45, 2.75) is 64.1 Å². The van der Waals surface area contributed by atoms with E-state index in [4.69, 9.17) is 11.6 Å². The van der Waals surface area contributed by atoms with Crippen LogP contribution in [0.2, 0.25) is 5.02 Å². The molecule has 0 saturated heterocycles. The fourth-order valence-corrected chi connectivity index (χ4v) is 4.64. The molecule has 0 bridgehead atoms. The highest BCUT2D eigenvalue weighted by molar-refractivity contribution is 6.31. The molecule has 1 N–H and O–H groups in total. The molecule has 4 rings (SSSR count). The van der Waals surface area contributed by atoms with E-state index >= 15 is 0 Å². The molecule has 1 saturated carbocycles. The molecule has 6 nitrogen and oxygen atoms in total. The molecule has 0 aliphatic heterocycles. The van der Waals surface area contributed by atoms with Gasteiger partial charge in [-0.05, 0) is 49.4 Å². The van der Waals surface area contributed by atoms with Crippen molar-refractivity contribution in [2.24, 2.45) is 0 Å². The van der Waals surface area contributed by atoms with Gasteiger partial charge in [0.1, 0.15) is 0 Å². The predicted molar refractivity (Wildman–Crippen MR) is 127 cm³/mol. The van der Waals surface area contributed by atoms with Crippen molar-refractivity contribution >= 4 is 28.4 Å². The van der Waals surface area contributed by atoms with E-state index in [-0.39, 0.29) is 30.2 Å². The Bertz CT molecular complexity index is 1230. The minimum atomic E-state index is -0.357. The van der Waals surface area contributed by atoms with Crippen LogP contribution >= 0.6 is 11.6 Å². The van der Waals surface area contributed by atoms with E-state index in [1.807, 2.05) is 24.3 Å². The Kier molecular flexibility index (Phi) is 7.10. The summed E-state index contributed by atoms with van der Waals surface area (Å²) in [4.78, 5) is 38.5. The number of benzene rings is 2. The Morgan fingerprint density at radius 3 is 2.47 bits per heavy atom. The maximum atomic E-state index is 13.3. The number of hydrogen-bond acceptors (Lipinski definition) is 3. The average molecular weight is 454 g/mol. The fourth-order valence-electron chi connectivity index (χ4n) is 4.44. The first-order chi connectivity index (χ1) is 15.5. The summed E-state index contributed by atoms with van der Waals surface area (Å²) in [5.41, 5.74) is 0.755. The van der Waals surface area contributed by atoms with Crippen molar-refractivity contribution in [2.75, 3.05) is 0 Å². The Hall–Kier alpha value is -2.86. The Labute approximate surface area is 191 Å². The third-order valence-electron chi connectivity index (χ3n) is 6.17. The highest BCUT2D eigenvalue weighted by Crippen LogP contribution is 2.19. The topological polar surface area (TPSA) is 73.1 Å². The number of aromatic nitrogens is 2. The van der Waals surface area contributed by atoms with Crippen LogP contribution < -0.4 is 16.6 Å². The lowest BCUT2D eigenvalue weighted by molar-refractivity contribution is -0.121. The van der Waals surface area contributed by atoms with Crippen LogP contribution in [0.15, 0.2) is 58.1 Å². The van der Waals surface area contributed by atoms with Gasteiger partial charge in [-0.15, -0.1) is 0 Å². The number of amides is 1. The molecule has 1 heterocycles. The first kappa shape index (κ1) is 22.3. The van der Waals surface area contributed by atoms with Crippen LogP contribution in [0.5, 0.6) is 0 Å². The number of fused-ring (bicyclic) bond motifs is 1. The average Bonchev–Trinajstić information content (AvgIpc) is 3.30. The number of para-hydroxylation sites is 1. The van der Waals surface area contributed by atoms with Gasteiger partial charge in [0.25, 0.3) is 5.56 Å². The van der Waals surface area contributed by atoms with E-state index in [0.717, 1.165) is 18.4 Å². The van der Waals surface area contributed by atoms with Crippen LogP contribution in [0.1, 0.15) is 50.5 Å². The Morgan fingerprint density at radius 1 is 0.969 bits per heavy atom. The Morgan fingerprint density at radius 2 is 1.69 bits per heavy atom.